The second-order valence-electron chi connectivity index (χ2n) is 5.88. The standard InChI is InChI=1S/C18H12BrFN4O2S/c19-14-7-13-11(8-22-14)9-24(17(13)26)15(10-2-1-3-12(20)6-10)16(25)23-18-21-4-5-27-18/h1-8,15H,9H2,(H,21,23,25). The molecule has 27 heavy (non-hydrogen) atoms. The Hall–Kier alpha value is -2.65. The van der Waals surface area contributed by atoms with E-state index in [0.717, 1.165) is 0 Å². The summed E-state index contributed by atoms with van der Waals surface area (Å²) >= 11 is 4.52. The SMILES string of the molecule is O=C(Nc1nccs1)C(c1cccc(F)c1)N1Cc2cnc(Br)cc2C1=O. The van der Waals surface area contributed by atoms with Crippen molar-refractivity contribution in [1.82, 2.24) is 14.9 Å². The summed E-state index contributed by atoms with van der Waals surface area (Å²) in [5.74, 6) is -1.24. The van der Waals surface area contributed by atoms with Gasteiger partial charge < -0.3 is 4.90 Å². The highest BCUT2D eigenvalue weighted by atomic mass is 79.9. The maximum Gasteiger partial charge on any atom is 0.255 e. The summed E-state index contributed by atoms with van der Waals surface area (Å²) in [6.07, 6.45) is 3.16. The van der Waals surface area contributed by atoms with Crippen LogP contribution in [0.25, 0.3) is 0 Å². The molecule has 2 amide bonds. The zero-order valence-corrected chi connectivity index (χ0v) is 16.1. The number of pyridine rings is 1. The monoisotopic (exact) mass is 446 g/mol. The highest BCUT2D eigenvalue weighted by molar-refractivity contribution is 9.10. The number of halogens is 2. The summed E-state index contributed by atoms with van der Waals surface area (Å²) in [6.45, 7) is 0.209. The minimum absolute atomic E-state index is 0.209. The van der Waals surface area contributed by atoms with Crippen LogP contribution in [-0.4, -0.2) is 26.7 Å². The van der Waals surface area contributed by atoms with E-state index in [9.17, 15) is 14.0 Å². The van der Waals surface area contributed by atoms with Crippen LogP contribution in [0.5, 0.6) is 0 Å². The van der Waals surface area contributed by atoms with Gasteiger partial charge in [0.25, 0.3) is 11.8 Å². The van der Waals surface area contributed by atoms with Crippen LogP contribution in [0.4, 0.5) is 9.52 Å². The largest absolute Gasteiger partial charge is 0.318 e. The lowest BCUT2D eigenvalue weighted by Gasteiger charge is -2.27. The van der Waals surface area contributed by atoms with E-state index in [2.05, 4.69) is 31.2 Å². The van der Waals surface area contributed by atoms with Gasteiger partial charge in [0, 0.05) is 35.4 Å². The van der Waals surface area contributed by atoms with Crippen molar-refractivity contribution in [2.75, 3.05) is 5.32 Å². The van der Waals surface area contributed by atoms with E-state index in [1.54, 1.807) is 29.9 Å². The van der Waals surface area contributed by atoms with Crippen LogP contribution in [0.1, 0.15) is 27.5 Å². The highest BCUT2D eigenvalue weighted by Gasteiger charge is 2.38. The molecule has 1 aliphatic rings. The number of amides is 2. The number of anilines is 1. The topological polar surface area (TPSA) is 75.2 Å². The summed E-state index contributed by atoms with van der Waals surface area (Å²) in [7, 11) is 0. The van der Waals surface area contributed by atoms with Crippen molar-refractivity contribution >= 4 is 44.2 Å². The summed E-state index contributed by atoms with van der Waals surface area (Å²) in [6, 6.07) is 6.32. The van der Waals surface area contributed by atoms with Crippen molar-refractivity contribution in [3.8, 4) is 0 Å². The number of thiazole rings is 1. The van der Waals surface area contributed by atoms with E-state index in [-0.39, 0.29) is 12.5 Å². The Kier molecular flexibility index (Phi) is 4.71. The van der Waals surface area contributed by atoms with Crippen molar-refractivity contribution in [2.45, 2.75) is 12.6 Å². The lowest BCUT2D eigenvalue weighted by molar-refractivity contribution is -0.120. The molecule has 9 heteroatoms. The van der Waals surface area contributed by atoms with Gasteiger partial charge in [-0.3, -0.25) is 14.9 Å². The molecule has 0 fully saturated rings. The molecule has 1 aromatic carbocycles. The molecule has 3 heterocycles. The Bertz CT molecular complexity index is 1030. The molecule has 3 aromatic rings. The molecule has 0 saturated heterocycles. The van der Waals surface area contributed by atoms with Crippen LogP contribution in [0.15, 0.2) is 52.7 Å². The molecule has 6 nitrogen and oxygen atoms in total. The first-order valence-electron chi connectivity index (χ1n) is 7.94. The number of nitrogens with one attached hydrogen (secondary N) is 1. The first kappa shape index (κ1) is 17.7. The zero-order valence-electron chi connectivity index (χ0n) is 13.7. The van der Waals surface area contributed by atoms with E-state index in [1.807, 2.05) is 0 Å². The number of hydrogen-bond acceptors (Lipinski definition) is 5. The van der Waals surface area contributed by atoms with E-state index in [1.165, 1.54) is 34.4 Å². The van der Waals surface area contributed by atoms with Crippen LogP contribution in [-0.2, 0) is 11.3 Å². The third kappa shape index (κ3) is 3.47. The van der Waals surface area contributed by atoms with Gasteiger partial charge >= 0.3 is 0 Å². The van der Waals surface area contributed by atoms with E-state index < -0.39 is 17.8 Å². The quantitative estimate of drug-likeness (QED) is 0.618. The smallest absolute Gasteiger partial charge is 0.255 e. The number of aromatic nitrogens is 2. The van der Waals surface area contributed by atoms with Crippen LogP contribution in [0.2, 0.25) is 0 Å². The molecular weight excluding hydrogens is 435 g/mol. The second-order valence-corrected chi connectivity index (χ2v) is 7.59. The maximum absolute atomic E-state index is 13.8. The van der Waals surface area contributed by atoms with Crippen LogP contribution in [0.3, 0.4) is 0 Å². The molecule has 1 atom stereocenters. The Labute approximate surface area is 166 Å². The fourth-order valence-electron chi connectivity index (χ4n) is 3.01. The Morgan fingerprint density at radius 1 is 1.33 bits per heavy atom. The number of nitrogens with zero attached hydrogens (tertiary/aromatic N) is 3. The first-order chi connectivity index (χ1) is 13.0. The minimum Gasteiger partial charge on any atom is -0.318 e. The Morgan fingerprint density at radius 3 is 2.93 bits per heavy atom. The van der Waals surface area contributed by atoms with Crippen LogP contribution >= 0.6 is 27.3 Å². The summed E-state index contributed by atoms with van der Waals surface area (Å²) in [5.41, 5.74) is 1.57. The summed E-state index contributed by atoms with van der Waals surface area (Å²) < 4.78 is 14.3. The van der Waals surface area contributed by atoms with Gasteiger partial charge in [-0.05, 0) is 39.7 Å². The molecule has 0 aliphatic carbocycles. The number of hydrogen-bond donors (Lipinski definition) is 1. The number of carbonyl (C=O) groups excluding carboxylic acids is 2. The fraction of sp³-hybridized carbons (Fsp3) is 0.111. The lowest BCUT2D eigenvalue weighted by Crippen LogP contribution is -2.37. The summed E-state index contributed by atoms with van der Waals surface area (Å²) in [5, 5.41) is 4.84. The normalized spacial score (nSPS) is 14.1. The fourth-order valence-corrected chi connectivity index (χ4v) is 3.87. The van der Waals surface area contributed by atoms with Crippen molar-refractivity contribution < 1.29 is 14.0 Å². The van der Waals surface area contributed by atoms with Crippen molar-refractivity contribution in [2.24, 2.45) is 0 Å². The zero-order chi connectivity index (χ0) is 19.0. The average Bonchev–Trinajstić information content (AvgIpc) is 3.25. The van der Waals surface area contributed by atoms with Crippen molar-refractivity contribution in [3.63, 3.8) is 0 Å². The van der Waals surface area contributed by atoms with Crippen LogP contribution in [0, 0.1) is 5.82 Å². The van der Waals surface area contributed by atoms with E-state index in [0.29, 0.717) is 26.4 Å². The van der Waals surface area contributed by atoms with Crippen molar-refractivity contribution in [3.05, 3.63) is 75.2 Å². The van der Waals surface area contributed by atoms with Gasteiger partial charge in [0.05, 0.1) is 0 Å². The third-order valence-electron chi connectivity index (χ3n) is 4.17. The predicted octanol–water partition coefficient (Wildman–Crippen LogP) is 3.78. The van der Waals surface area contributed by atoms with E-state index >= 15 is 0 Å². The summed E-state index contributed by atoms with van der Waals surface area (Å²) in [4.78, 5) is 35.5. The Balaban J connectivity index is 1.72. The predicted molar refractivity (Wildman–Crippen MR) is 102 cm³/mol. The van der Waals surface area contributed by atoms with Gasteiger partial charge in [0.15, 0.2) is 5.13 Å². The van der Waals surface area contributed by atoms with Crippen molar-refractivity contribution in [1.29, 1.82) is 0 Å². The minimum atomic E-state index is -0.997. The number of carbonyl (C=O) groups is 2. The molecule has 2 aromatic heterocycles. The van der Waals surface area contributed by atoms with Gasteiger partial charge in [-0.25, -0.2) is 14.4 Å². The van der Waals surface area contributed by atoms with Crippen LogP contribution < -0.4 is 5.32 Å². The average molecular weight is 447 g/mol. The molecule has 0 saturated carbocycles. The molecule has 0 radical (unpaired) electrons. The van der Waals surface area contributed by atoms with Gasteiger partial charge in [-0.15, -0.1) is 11.3 Å². The molecule has 4 rings (SSSR count). The third-order valence-corrected chi connectivity index (χ3v) is 5.29. The molecule has 1 unspecified atom stereocenters. The molecule has 0 bridgehead atoms. The number of fused-ring (bicyclic) bond motifs is 1. The molecular formula is C18H12BrFN4O2S. The van der Waals surface area contributed by atoms with Gasteiger partial charge in [0.2, 0.25) is 0 Å². The molecule has 1 aliphatic heterocycles. The van der Waals surface area contributed by atoms with Gasteiger partial charge in [0.1, 0.15) is 16.5 Å². The Morgan fingerprint density at radius 2 is 2.19 bits per heavy atom. The van der Waals surface area contributed by atoms with Gasteiger partial charge in [-0.2, -0.15) is 0 Å². The highest BCUT2D eigenvalue weighted by Crippen LogP contribution is 2.33. The lowest BCUT2D eigenvalue weighted by atomic mass is 10.0. The molecule has 1 N–H and O–H groups in total. The molecule has 136 valence electrons. The molecule has 0 spiro atoms. The van der Waals surface area contributed by atoms with Gasteiger partial charge in [-0.1, -0.05) is 12.1 Å². The number of benzene rings is 1. The van der Waals surface area contributed by atoms with E-state index in [4.69, 9.17) is 0 Å². The maximum atomic E-state index is 13.8. The number of rotatable bonds is 4. The first-order valence-corrected chi connectivity index (χ1v) is 9.61. The second kappa shape index (κ2) is 7.16.